The van der Waals surface area contributed by atoms with E-state index in [1.54, 1.807) is 18.7 Å². The minimum atomic E-state index is -1.12. The second-order valence-corrected chi connectivity index (χ2v) is 11.7. The van der Waals surface area contributed by atoms with Crippen LogP contribution in [0.5, 0.6) is 0 Å². The van der Waals surface area contributed by atoms with Crippen molar-refractivity contribution in [3.8, 4) is 5.69 Å². The number of hydrogen-bond acceptors (Lipinski definition) is 5. The van der Waals surface area contributed by atoms with E-state index in [2.05, 4.69) is 26.1 Å². The van der Waals surface area contributed by atoms with Crippen LogP contribution in [-0.2, 0) is 29.4 Å². The third-order valence-corrected chi connectivity index (χ3v) is 8.94. The van der Waals surface area contributed by atoms with Gasteiger partial charge in [0.15, 0.2) is 6.10 Å². The van der Waals surface area contributed by atoms with Gasteiger partial charge in [-0.25, -0.2) is 9.48 Å². The lowest BCUT2D eigenvalue weighted by molar-refractivity contribution is -0.123. The molecule has 8 nitrogen and oxygen atoms in total. The maximum absolute atomic E-state index is 13.8. The summed E-state index contributed by atoms with van der Waals surface area (Å²) in [5.41, 5.74) is 4.27. The van der Waals surface area contributed by atoms with E-state index in [9.17, 15) is 14.4 Å². The summed E-state index contributed by atoms with van der Waals surface area (Å²) >= 11 is 0. The van der Waals surface area contributed by atoms with Crippen molar-refractivity contribution in [2.24, 2.45) is 18.4 Å². The Labute approximate surface area is 240 Å². The number of hydrogen-bond donors (Lipinski definition) is 1. The van der Waals surface area contributed by atoms with E-state index < -0.39 is 18.0 Å². The molecule has 2 aromatic heterocycles. The average Bonchev–Trinajstić information content (AvgIpc) is 3.18. The van der Waals surface area contributed by atoms with Gasteiger partial charge in [0.2, 0.25) is 0 Å². The highest BCUT2D eigenvalue weighted by Crippen LogP contribution is 2.41. The Kier molecular flexibility index (Phi) is 7.60. The van der Waals surface area contributed by atoms with Crippen LogP contribution >= 0.6 is 0 Å². The second kappa shape index (κ2) is 11.0. The number of aromatic nitrogens is 3. The summed E-state index contributed by atoms with van der Waals surface area (Å²) in [6, 6.07) is 16.8. The molecule has 8 heteroatoms. The molecule has 41 heavy (non-hydrogen) atoms. The first-order valence-electron chi connectivity index (χ1n) is 14.3. The van der Waals surface area contributed by atoms with Crippen molar-refractivity contribution < 1.29 is 14.3 Å². The Hall–Kier alpha value is -4.20. The smallest absolute Gasteiger partial charge is 0.339 e. The fourth-order valence-corrected chi connectivity index (χ4v) is 5.79. The Bertz CT molecular complexity index is 1680. The molecule has 4 aromatic rings. The van der Waals surface area contributed by atoms with E-state index in [-0.39, 0.29) is 16.7 Å². The number of pyridine rings is 1. The van der Waals surface area contributed by atoms with Crippen molar-refractivity contribution in [3.63, 3.8) is 0 Å². The largest absolute Gasteiger partial charge is 0.449 e. The zero-order valence-electron chi connectivity index (χ0n) is 24.7. The van der Waals surface area contributed by atoms with Gasteiger partial charge in [-0.1, -0.05) is 63.6 Å². The van der Waals surface area contributed by atoms with Gasteiger partial charge in [-0.05, 0) is 68.2 Å². The molecule has 214 valence electrons. The van der Waals surface area contributed by atoms with Crippen LogP contribution in [-0.4, -0.2) is 32.3 Å². The SMILES string of the molecule is CCC(C)(C)[C@H]1CCc2nc3ccccc3c(C(=O)O[C@@H](C)C(=O)Nc3c(C)n(C)n(-c4ccccc4)c3=O)c2C1. The number of para-hydroxylation sites is 2. The van der Waals surface area contributed by atoms with Crippen LogP contribution in [0.4, 0.5) is 5.69 Å². The zero-order valence-corrected chi connectivity index (χ0v) is 24.7. The predicted octanol–water partition coefficient (Wildman–Crippen LogP) is 5.76. The molecule has 0 spiro atoms. The summed E-state index contributed by atoms with van der Waals surface area (Å²) in [6.07, 6.45) is 2.47. The molecule has 2 aromatic carbocycles. The van der Waals surface area contributed by atoms with Crippen LogP contribution in [0, 0.1) is 18.3 Å². The molecule has 1 amide bonds. The van der Waals surface area contributed by atoms with Gasteiger partial charge in [-0.15, -0.1) is 0 Å². The molecule has 0 aliphatic heterocycles. The van der Waals surface area contributed by atoms with Crippen LogP contribution in [0.25, 0.3) is 16.6 Å². The number of rotatable bonds is 7. The van der Waals surface area contributed by atoms with Gasteiger partial charge < -0.3 is 10.1 Å². The number of benzene rings is 2. The van der Waals surface area contributed by atoms with Gasteiger partial charge >= 0.3 is 5.97 Å². The fraction of sp³-hybridized carbons (Fsp3) is 0.394. The fourth-order valence-electron chi connectivity index (χ4n) is 5.79. The number of nitrogens with one attached hydrogen (secondary N) is 1. The van der Waals surface area contributed by atoms with Crippen LogP contribution in [0.15, 0.2) is 59.4 Å². The summed E-state index contributed by atoms with van der Waals surface area (Å²) in [5, 5.41) is 3.44. The third kappa shape index (κ3) is 5.19. The molecule has 2 heterocycles. The first-order valence-corrected chi connectivity index (χ1v) is 14.3. The third-order valence-electron chi connectivity index (χ3n) is 8.94. The monoisotopic (exact) mass is 554 g/mol. The molecule has 2 atom stereocenters. The molecule has 1 aliphatic carbocycles. The van der Waals surface area contributed by atoms with Gasteiger partial charge in [0.05, 0.1) is 22.5 Å². The Morgan fingerprint density at radius 3 is 2.51 bits per heavy atom. The number of ether oxygens (including phenoxy) is 1. The molecule has 1 aliphatic rings. The molecular weight excluding hydrogens is 516 g/mol. The molecule has 0 fully saturated rings. The zero-order chi connectivity index (χ0) is 29.5. The van der Waals surface area contributed by atoms with Crippen molar-refractivity contribution in [3.05, 3.63) is 87.5 Å². The Morgan fingerprint density at radius 1 is 1.12 bits per heavy atom. The van der Waals surface area contributed by atoms with E-state index in [1.807, 2.05) is 54.6 Å². The summed E-state index contributed by atoms with van der Waals surface area (Å²) in [6.45, 7) is 10.0. The lowest BCUT2D eigenvalue weighted by Crippen LogP contribution is -2.33. The quantitative estimate of drug-likeness (QED) is 0.293. The minimum absolute atomic E-state index is 0.123. The molecule has 0 saturated carbocycles. The number of anilines is 1. The highest BCUT2D eigenvalue weighted by atomic mass is 16.5. The maximum Gasteiger partial charge on any atom is 0.339 e. The molecule has 1 N–H and O–H groups in total. The van der Waals surface area contributed by atoms with Crippen molar-refractivity contribution in [2.75, 3.05) is 5.32 Å². The normalized spacial score (nSPS) is 15.8. The number of amides is 1. The lowest BCUT2D eigenvalue weighted by atomic mass is 9.68. The van der Waals surface area contributed by atoms with Gasteiger partial charge in [0.25, 0.3) is 11.5 Å². The lowest BCUT2D eigenvalue weighted by Gasteiger charge is -2.37. The maximum atomic E-state index is 13.8. The molecule has 0 unspecified atom stereocenters. The van der Waals surface area contributed by atoms with E-state index >= 15 is 0 Å². The van der Waals surface area contributed by atoms with Crippen molar-refractivity contribution in [1.29, 1.82) is 0 Å². The number of carbonyl (C=O) groups is 2. The number of carbonyl (C=O) groups excluding carboxylic acids is 2. The first kappa shape index (κ1) is 28.3. The van der Waals surface area contributed by atoms with E-state index in [0.29, 0.717) is 22.9 Å². The highest BCUT2D eigenvalue weighted by Gasteiger charge is 2.35. The summed E-state index contributed by atoms with van der Waals surface area (Å²) < 4.78 is 8.98. The van der Waals surface area contributed by atoms with E-state index in [1.165, 1.54) is 11.6 Å². The summed E-state index contributed by atoms with van der Waals surface area (Å²) in [4.78, 5) is 45.2. The summed E-state index contributed by atoms with van der Waals surface area (Å²) in [5.74, 6) is -0.714. The number of fused-ring (bicyclic) bond motifs is 2. The molecule has 0 bridgehead atoms. The molecule has 5 rings (SSSR count). The second-order valence-electron chi connectivity index (χ2n) is 11.7. The topological polar surface area (TPSA) is 95.2 Å². The van der Waals surface area contributed by atoms with Gasteiger partial charge in [0, 0.05) is 18.1 Å². The van der Waals surface area contributed by atoms with Crippen molar-refractivity contribution in [2.45, 2.75) is 66.4 Å². The van der Waals surface area contributed by atoms with Crippen molar-refractivity contribution in [1.82, 2.24) is 14.3 Å². The van der Waals surface area contributed by atoms with Gasteiger partial charge in [0.1, 0.15) is 5.69 Å². The Morgan fingerprint density at radius 2 is 1.80 bits per heavy atom. The highest BCUT2D eigenvalue weighted by molar-refractivity contribution is 6.06. The average molecular weight is 555 g/mol. The number of esters is 1. The van der Waals surface area contributed by atoms with Crippen LogP contribution in [0.2, 0.25) is 0 Å². The molecule has 0 saturated heterocycles. The van der Waals surface area contributed by atoms with Crippen LogP contribution < -0.4 is 10.9 Å². The number of nitrogens with zero attached hydrogens (tertiary/aromatic N) is 3. The molecule has 0 radical (unpaired) electrons. The van der Waals surface area contributed by atoms with Crippen LogP contribution in [0.1, 0.15) is 67.8 Å². The predicted molar refractivity (Wildman–Crippen MR) is 161 cm³/mol. The standard InChI is InChI=1S/C33H38N4O4/c1-7-33(4,5)22-17-18-27-25(19-22)28(24-15-11-12-16-26(24)34-27)32(40)41-21(3)30(38)35-29-20(2)36(6)37(31(29)39)23-13-9-8-10-14-23/h8-16,21-22H,7,17-19H2,1-6H3,(H,35,38)/t21-,22-/m0/s1. The van der Waals surface area contributed by atoms with Gasteiger partial charge in [-0.3, -0.25) is 19.3 Å². The summed E-state index contributed by atoms with van der Waals surface area (Å²) in [7, 11) is 1.76. The Balaban J connectivity index is 1.43. The minimum Gasteiger partial charge on any atom is -0.449 e. The van der Waals surface area contributed by atoms with E-state index in [4.69, 9.17) is 9.72 Å². The first-order chi connectivity index (χ1) is 19.5. The van der Waals surface area contributed by atoms with Gasteiger partial charge in [-0.2, -0.15) is 0 Å². The number of aryl methyl sites for hydroxylation is 1. The van der Waals surface area contributed by atoms with Crippen molar-refractivity contribution >= 4 is 28.5 Å². The van der Waals surface area contributed by atoms with E-state index in [0.717, 1.165) is 47.8 Å². The van der Waals surface area contributed by atoms with Crippen LogP contribution in [0.3, 0.4) is 0 Å². The molecular formula is C33H38N4O4.